The Labute approximate surface area is 108 Å². The molecule has 0 unspecified atom stereocenters. The van der Waals surface area contributed by atoms with E-state index in [4.69, 9.17) is 0 Å². The number of hydrogen-bond acceptors (Lipinski definition) is 1. The first-order chi connectivity index (χ1) is 8.52. The summed E-state index contributed by atoms with van der Waals surface area (Å²) in [6.45, 7) is 8.37. The minimum atomic E-state index is 0.756. The molecule has 0 N–H and O–H groups in total. The number of rotatable bonds is 2. The largest absolute Gasteiger partial charge is 0.298 e. The number of aldehydes is 1. The van der Waals surface area contributed by atoms with E-state index in [9.17, 15) is 4.79 Å². The molecule has 0 aromatic heterocycles. The van der Waals surface area contributed by atoms with Crippen molar-refractivity contribution in [2.45, 2.75) is 27.7 Å². The maximum Gasteiger partial charge on any atom is 0.150 e. The minimum Gasteiger partial charge on any atom is -0.298 e. The first-order valence-electron chi connectivity index (χ1n) is 6.17. The van der Waals surface area contributed by atoms with Gasteiger partial charge in [-0.3, -0.25) is 4.79 Å². The van der Waals surface area contributed by atoms with Gasteiger partial charge in [-0.2, -0.15) is 0 Å². The fraction of sp³-hybridized carbons (Fsp3) is 0.235. The maximum absolute atomic E-state index is 11.2. The summed E-state index contributed by atoms with van der Waals surface area (Å²) in [6.07, 6.45) is 0.934. The average molecular weight is 238 g/mol. The van der Waals surface area contributed by atoms with Crippen LogP contribution in [0.3, 0.4) is 0 Å². The Hall–Kier alpha value is -1.89. The van der Waals surface area contributed by atoms with Crippen molar-refractivity contribution in [2.24, 2.45) is 0 Å². The summed E-state index contributed by atoms with van der Waals surface area (Å²) < 4.78 is 0. The highest BCUT2D eigenvalue weighted by atomic mass is 16.1. The molecular formula is C17H18O. The van der Waals surface area contributed by atoms with Gasteiger partial charge in [-0.25, -0.2) is 0 Å². The molecule has 92 valence electrons. The first-order valence-corrected chi connectivity index (χ1v) is 6.17. The van der Waals surface area contributed by atoms with Gasteiger partial charge in [-0.1, -0.05) is 35.9 Å². The van der Waals surface area contributed by atoms with Crippen molar-refractivity contribution in [1.82, 2.24) is 0 Å². The zero-order chi connectivity index (χ0) is 13.3. The molecule has 1 heteroatoms. The predicted octanol–water partition coefficient (Wildman–Crippen LogP) is 4.40. The average Bonchev–Trinajstić information content (AvgIpc) is 2.34. The molecule has 2 aromatic carbocycles. The molecule has 2 aromatic rings. The summed E-state index contributed by atoms with van der Waals surface area (Å²) in [5.41, 5.74) is 7.88. The number of hydrogen-bond donors (Lipinski definition) is 0. The molecule has 0 radical (unpaired) electrons. The van der Waals surface area contributed by atoms with Crippen LogP contribution in [0.5, 0.6) is 0 Å². The SMILES string of the molecule is Cc1ccc(C=O)c(-c2cc(C)c(C)cc2C)c1. The molecule has 0 saturated carbocycles. The summed E-state index contributed by atoms with van der Waals surface area (Å²) in [5, 5.41) is 0. The van der Waals surface area contributed by atoms with Crippen molar-refractivity contribution in [3.8, 4) is 11.1 Å². The molecule has 0 fully saturated rings. The molecule has 0 saturated heterocycles. The molecule has 0 bridgehead atoms. The molecule has 0 aliphatic carbocycles. The summed E-state index contributed by atoms with van der Waals surface area (Å²) in [4.78, 5) is 11.2. The topological polar surface area (TPSA) is 17.1 Å². The number of benzene rings is 2. The molecule has 18 heavy (non-hydrogen) atoms. The van der Waals surface area contributed by atoms with Crippen molar-refractivity contribution < 1.29 is 4.79 Å². The summed E-state index contributed by atoms with van der Waals surface area (Å²) in [6, 6.07) is 10.3. The van der Waals surface area contributed by atoms with E-state index < -0.39 is 0 Å². The van der Waals surface area contributed by atoms with Crippen molar-refractivity contribution >= 4 is 6.29 Å². The van der Waals surface area contributed by atoms with Gasteiger partial charge in [0.25, 0.3) is 0 Å². The lowest BCUT2D eigenvalue weighted by atomic mass is 9.92. The Balaban J connectivity index is 2.72. The number of aryl methyl sites for hydroxylation is 4. The molecule has 2 rings (SSSR count). The Morgan fingerprint density at radius 1 is 0.778 bits per heavy atom. The van der Waals surface area contributed by atoms with E-state index in [0.29, 0.717) is 0 Å². The third kappa shape index (κ3) is 2.21. The zero-order valence-corrected chi connectivity index (χ0v) is 11.4. The Kier molecular flexibility index (Phi) is 3.33. The highest BCUT2D eigenvalue weighted by Gasteiger charge is 2.09. The second-order valence-electron chi connectivity index (χ2n) is 4.96. The van der Waals surface area contributed by atoms with Crippen LogP contribution in [0.25, 0.3) is 11.1 Å². The van der Waals surface area contributed by atoms with Gasteiger partial charge >= 0.3 is 0 Å². The van der Waals surface area contributed by atoms with Crippen molar-refractivity contribution in [3.63, 3.8) is 0 Å². The molecule has 0 aliphatic rings. The minimum absolute atomic E-state index is 0.756. The van der Waals surface area contributed by atoms with E-state index in [2.05, 4.69) is 45.9 Å². The van der Waals surface area contributed by atoms with Crippen LogP contribution in [-0.2, 0) is 0 Å². The van der Waals surface area contributed by atoms with Gasteiger partial charge in [0.2, 0.25) is 0 Å². The highest BCUT2D eigenvalue weighted by molar-refractivity contribution is 5.89. The zero-order valence-electron chi connectivity index (χ0n) is 11.4. The maximum atomic E-state index is 11.2. The second-order valence-corrected chi connectivity index (χ2v) is 4.96. The van der Waals surface area contributed by atoms with Gasteiger partial charge in [0.1, 0.15) is 0 Å². The highest BCUT2D eigenvalue weighted by Crippen LogP contribution is 2.29. The Morgan fingerprint density at radius 3 is 2.11 bits per heavy atom. The second kappa shape index (κ2) is 4.77. The molecular weight excluding hydrogens is 220 g/mol. The Morgan fingerprint density at radius 2 is 1.44 bits per heavy atom. The fourth-order valence-corrected chi connectivity index (χ4v) is 2.26. The van der Waals surface area contributed by atoms with Gasteiger partial charge in [0.15, 0.2) is 6.29 Å². The van der Waals surface area contributed by atoms with Crippen LogP contribution in [0.15, 0.2) is 30.3 Å². The van der Waals surface area contributed by atoms with Crippen molar-refractivity contribution in [3.05, 3.63) is 58.1 Å². The van der Waals surface area contributed by atoms with E-state index in [0.717, 1.165) is 23.0 Å². The van der Waals surface area contributed by atoms with Crippen LogP contribution in [-0.4, -0.2) is 6.29 Å². The van der Waals surface area contributed by atoms with Gasteiger partial charge in [-0.15, -0.1) is 0 Å². The van der Waals surface area contributed by atoms with Gasteiger partial charge in [0.05, 0.1) is 0 Å². The normalized spacial score (nSPS) is 10.4. The van der Waals surface area contributed by atoms with E-state index in [-0.39, 0.29) is 0 Å². The fourth-order valence-electron chi connectivity index (χ4n) is 2.26. The lowest BCUT2D eigenvalue weighted by Gasteiger charge is -2.12. The first kappa shape index (κ1) is 12.6. The number of carbonyl (C=O) groups is 1. The van der Waals surface area contributed by atoms with Crippen molar-refractivity contribution in [1.29, 1.82) is 0 Å². The van der Waals surface area contributed by atoms with Crippen LogP contribution >= 0.6 is 0 Å². The number of carbonyl (C=O) groups excluding carboxylic acids is 1. The van der Waals surface area contributed by atoms with E-state index >= 15 is 0 Å². The van der Waals surface area contributed by atoms with E-state index in [1.807, 2.05) is 12.1 Å². The monoisotopic (exact) mass is 238 g/mol. The quantitative estimate of drug-likeness (QED) is 0.709. The molecule has 0 aliphatic heterocycles. The lowest BCUT2D eigenvalue weighted by Crippen LogP contribution is -1.93. The third-order valence-electron chi connectivity index (χ3n) is 3.47. The molecule has 1 nitrogen and oxygen atoms in total. The standard InChI is InChI=1S/C17H18O/c1-11-5-6-15(10-18)17(7-11)16-9-13(3)12(2)8-14(16)4/h5-10H,1-4H3. The van der Waals surface area contributed by atoms with E-state index in [1.54, 1.807) is 0 Å². The van der Waals surface area contributed by atoms with Crippen LogP contribution in [0, 0.1) is 27.7 Å². The molecule has 0 spiro atoms. The van der Waals surface area contributed by atoms with Gasteiger partial charge < -0.3 is 0 Å². The lowest BCUT2D eigenvalue weighted by molar-refractivity contribution is 0.112. The summed E-state index contributed by atoms with van der Waals surface area (Å²) >= 11 is 0. The third-order valence-corrected chi connectivity index (χ3v) is 3.47. The van der Waals surface area contributed by atoms with Crippen molar-refractivity contribution in [2.75, 3.05) is 0 Å². The molecule has 0 heterocycles. The van der Waals surface area contributed by atoms with Crippen LogP contribution in [0.1, 0.15) is 32.6 Å². The summed E-state index contributed by atoms with van der Waals surface area (Å²) in [5.74, 6) is 0. The Bertz CT molecular complexity index is 609. The van der Waals surface area contributed by atoms with Crippen LogP contribution in [0.4, 0.5) is 0 Å². The van der Waals surface area contributed by atoms with Crippen LogP contribution in [0.2, 0.25) is 0 Å². The van der Waals surface area contributed by atoms with Gasteiger partial charge in [-0.05, 0) is 55.5 Å². The molecule has 0 amide bonds. The summed E-state index contributed by atoms with van der Waals surface area (Å²) in [7, 11) is 0. The molecule has 0 atom stereocenters. The van der Waals surface area contributed by atoms with Gasteiger partial charge in [0, 0.05) is 5.56 Å². The van der Waals surface area contributed by atoms with Crippen LogP contribution < -0.4 is 0 Å². The van der Waals surface area contributed by atoms with E-state index in [1.165, 1.54) is 22.3 Å². The predicted molar refractivity (Wildman–Crippen MR) is 76.2 cm³/mol. The smallest absolute Gasteiger partial charge is 0.150 e.